The highest BCUT2D eigenvalue weighted by Crippen LogP contribution is 2.35. The van der Waals surface area contributed by atoms with Crippen LogP contribution in [0.25, 0.3) is 32.9 Å². The number of carbonyl (C=O) groups is 10. The summed E-state index contributed by atoms with van der Waals surface area (Å²) in [6.45, 7) is 2.34. The number of unbranched alkanes of at least 4 members (excludes halogenated alkanes) is 2. The zero-order chi connectivity index (χ0) is 63.7. The molecule has 3 aliphatic heterocycles. The van der Waals surface area contributed by atoms with Gasteiger partial charge in [0.1, 0.15) is 18.7 Å². The molecule has 10 amide bonds. The van der Waals surface area contributed by atoms with Crippen molar-refractivity contribution in [3.8, 4) is 11.4 Å². The van der Waals surface area contributed by atoms with Crippen LogP contribution in [0.1, 0.15) is 91.6 Å². The van der Waals surface area contributed by atoms with Crippen molar-refractivity contribution in [3.05, 3.63) is 198 Å². The Kier molecular flexibility index (Phi) is 18.7. The number of hydrogen-bond donors (Lipinski definition) is 3. The maximum Gasteiger partial charge on any atom is 0.410 e. The van der Waals surface area contributed by atoms with Crippen molar-refractivity contribution in [1.82, 2.24) is 54.2 Å². The van der Waals surface area contributed by atoms with Crippen LogP contribution in [0.3, 0.4) is 0 Å². The van der Waals surface area contributed by atoms with Gasteiger partial charge in [-0.2, -0.15) is 0 Å². The molecule has 2 unspecified atom stereocenters. The van der Waals surface area contributed by atoms with Crippen LogP contribution in [-0.4, -0.2) is 168 Å². The van der Waals surface area contributed by atoms with E-state index in [9.17, 15) is 47.9 Å². The SMILES string of the molecule is CC(NC(=O)CCCCCN1C(=O)C=CC1=O)C(=O)NC(Cc1ccccc1)C(=O)Nc1ccc(COC(=O)N(CCCN(C)CCN2C(=O)c3cccc4c(-n5ccnc5)ccc(c34)C2=O)CCN2C(=O)c3cccc4c(-n5ccnc5)ccc(c34)C2=O)cc1. The molecule has 3 aliphatic rings. The number of rotatable bonds is 27. The number of anilines is 1. The van der Waals surface area contributed by atoms with E-state index in [1.807, 2.05) is 69.6 Å². The second-order valence-corrected chi connectivity index (χ2v) is 22.6. The standard InChI is InChI=1S/C68H66N12O11/c1-44(71-57(81)18-7-4-8-33-78-58(82)27-28-59(78)83)62(84)73-54(40-45-12-5-3-6-13-45)63(85)72-47-21-19-46(20-22-47)41-91-68(90)75(37-39-80-65(87)51-17-10-15-49-56(77-35-30-70-43-77)26-24-53(61(49)51)67(80)89)32-11-31-74(2)36-38-79-64(86)50-16-9-14-48-55(76-34-29-69-42-76)25-23-52(60(48)50)66(79)88/h3,5-6,9-10,12-17,19-30,34-35,42-44,54H,4,7-8,11,18,31-33,36-41H2,1-2H3,(H,71,81)(H,72,85)(H,73,84). The Morgan fingerprint density at radius 3 is 1.68 bits per heavy atom. The topological polar surface area (TPSA) is 268 Å². The van der Waals surface area contributed by atoms with Crippen molar-refractivity contribution in [2.75, 3.05) is 58.2 Å². The van der Waals surface area contributed by atoms with Crippen LogP contribution < -0.4 is 16.0 Å². The van der Waals surface area contributed by atoms with E-state index in [1.165, 1.54) is 28.9 Å². The summed E-state index contributed by atoms with van der Waals surface area (Å²) >= 11 is 0. The molecule has 2 atom stereocenters. The molecule has 464 valence electrons. The third kappa shape index (κ3) is 13.7. The maximum atomic E-state index is 14.3. The number of nitrogens with one attached hydrogen (secondary N) is 3. The van der Waals surface area contributed by atoms with E-state index < -0.39 is 53.6 Å². The number of amides is 10. The number of imide groups is 3. The lowest BCUT2D eigenvalue weighted by Gasteiger charge is -2.31. The first-order valence-electron chi connectivity index (χ1n) is 30.1. The Labute approximate surface area is 523 Å². The van der Waals surface area contributed by atoms with Gasteiger partial charge in [0.15, 0.2) is 0 Å². The van der Waals surface area contributed by atoms with Crippen LogP contribution in [0.15, 0.2) is 165 Å². The molecule has 2 aromatic heterocycles. The number of likely N-dealkylation sites (N-methyl/N-ethyl adjacent to an activating group) is 1. The average molecular weight is 1230 g/mol. The number of nitrogens with zero attached hydrogens (tertiary/aromatic N) is 9. The van der Waals surface area contributed by atoms with Crippen molar-refractivity contribution >= 4 is 86.5 Å². The molecule has 11 rings (SSSR count). The predicted molar refractivity (Wildman–Crippen MR) is 336 cm³/mol. The van der Waals surface area contributed by atoms with Crippen molar-refractivity contribution < 1.29 is 52.7 Å². The Bertz CT molecular complexity index is 4090. The zero-order valence-corrected chi connectivity index (χ0v) is 50.2. The Morgan fingerprint density at radius 1 is 0.538 bits per heavy atom. The van der Waals surface area contributed by atoms with Crippen LogP contribution in [0.2, 0.25) is 0 Å². The van der Waals surface area contributed by atoms with Gasteiger partial charge in [0.05, 0.1) is 24.0 Å². The number of carbonyl (C=O) groups excluding carboxylic acids is 10. The molecule has 8 aromatic rings. The van der Waals surface area contributed by atoms with E-state index in [1.54, 1.807) is 104 Å². The van der Waals surface area contributed by atoms with Gasteiger partial charge >= 0.3 is 6.09 Å². The summed E-state index contributed by atoms with van der Waals surface area (Å²) < 4.78 is 9.54. The summed E-state index contributed by atoms with van der Waals surface area (Å²) in [5.41, 5.74) is 4.81. The number of ether oxygens (including phenoxy) is 1. The minimum atomic E-state index is -1.05. The lowest BCUT2D eigenvalue weighted by Crippen LogP contribution is -2.52. The smallest absolute Gasteiger partial charge is 0.410 e. The first-order chi connectivity index (χ1) is 44.1. The molecule has 0 bridgehead atoms. The molecule has 0 fully saturated rings. The van der Waals surface area contributed by atoms with Crippen molar-refractivity contribution in [3.63, 3.8) is 0 Å². The third-order valence-corrected chi connectivity index (χ3v) is 16.5. The van der Waals surface area contributed by atoms with Gasteiger partial charge in [0.25, 0.3) is 35.4 Å². The van der Waals surface area contributed by atoms with Crippen LogP contribution >= 0.6 is 0 Å². The highest BCUT2D eigenvalue weighted by atomic mass is 16.6. The van der Waals surface area contributed by atoms with Gasteiger partial charge in [0.2, 0.25) is 17.7 Å². The molecule has 0 saturated heterocycles. The van der Waals surface area contributed by atoms with E-state index in [0.29, 0.717) is 88.4 Å². The van der Waals surface area contributed by atoms with Gasteiger partial charge in [-0.3, -0.25) is 57.9 Å². The van der Waals surface area contributed by atoms with Crippen LogP contribution in [0.5, 0.6) is 0 Å². The predicted octanol–water partition coefficient (Wildman–Crippen LogP) is 6.87. The fourth-order valence-corrected chi connectivity index (χ4v) is 11.6. The second kappa shape index (κ2) is 27.6. The van der Waals surface area contributed by atoms with Gasteiger partial charge < -0.3 is 39.6 Å². The second-order valence-electron chi connectivity index (χ2n) is 22.6. The largest absolute Gasteiger partial charge is 0.445 e. The highest BCUT2D eigenvalue weighted by Gasteiger charge is 2.36. The summed E-state index contributed by atoms with van der Waals surface area (Å²) in [6, 6.07) is 31.5. The van der Waals surface area contributed by atoms with Crippen molar-refractivity contribution in [2.45, 2.75) is 64.1 Å². The summed E-state index contributed by atoms with van der Waals surface area (Å²) in [6.07, 6.45) is 14.1. The molecular formula is C68H66N12O11. The van der Waals surface area contributed by atoms with Gasteiger partial charge in [0, 0.05) is 139 Å². The Balaban J connectivity index is 0.716. The van der Waals surface area contributed by atoms with Crippen molar-refractivity contribution in [1.29, 1.82) is 0 Å². The molecule has 6 aromatic carbocycles. The molecule has 5 heterocycles. The van der Waals surface area contributed by atoms with E-state index in [0.717, 1.165) is 32.1 Å². The summed E-state index contributed by atoms with van der Waals surface area (Å²) in [4.78, 5) is 150. The number of hydrogen-bond acceptors (Lipinski definition) is 14. The Hall–Kier alpha value is -10.9. The summed E-state index contributed by atoms with van der Waals surface area (Å²) in [5, 5.41) is 10.9. The highest BCUT2D eigenvalue weighted by molar-refractivity contribution is 6.27. The van der Waals surface area contributed by atoms with Crippen LogP contribution in [-0.2, 0) is 41.7 Å². The van der Waals surface area contributed by atoms with Gasteiger partial charge in [-0.05, 0) is 99.4 Å². The monoisotopic (exact) mass is 1230 g/mol. The van der Waals surface area contributed by atoms with E-state index in [2.05, 4.69) is 25.9 Å². The van der Waals surface area contributed by atoms with Crippen molar-refractivity contribution in [2.24, 2.45) is 0 Å². The molecular weight excluding hydrogens is 1160 g/mol. The average Bonchev–Trinajstić information content (AvgIpc) is 1.20. The van der Waals surface area contributed by atoms with E-state index in [-0.39, 0.29) is 69.9 Å². The van der Waals surface area contributed by atoms with E-state index in [4.69, 9.17) is 4.74 Å². The first kappa shape index (κ1) is 61.7. The zero-order valence-electron chi connectivity index (χ0n) is 50.2. The summed E-state index contributed by atoms with van der Waals surface area (Å²) in [5.74, 6) is -4.00. The number of benzene rings is 6. The van der Waals surface area contributed by atoms with Gasteiger partial charge in [-0.1, -0.05) is 73.2 Å². The van der Waals surface area contributed by atoms with Crippen LogP contribution in [0.4, 0.5) is 10.5 Å². The van der Waals surface area contributed by atoms with E-state index >= 15 is 0 Å². The minimum Gasteiger partial charge on any atom is -0.445 e. The fourth-order valence-electron chi connectivity index (χ4n) is 11.6. The Morgan fingerprint density at radius 2 is 1.11 bits per heavy atom. The lowest BCUT2D eigenvalue weighted by atomic mass is 9.93. The molecule has 91 heavy (non-hydrogen) atoms. The van der Waals surface area contributed by atoms with Crippen LogP contribution in [0, 0.1) is 0 Å². The molecule has 0 aliphatic carbocycles. The molecule has 3 N–H and O–H groups in total. The quantitative estimate of drug-likeness (QED) is 0.0350. The molecule has 0 radical (unpaired) electrons. The first-order valence-corrected chi connectivity index (χ1v) is 30.1. The summed E-state index contributed by atoms with van der Waals surface area (Å²) in [7, 11) is 1.85. The fraction of sp³-hybridized carbons (Fsp3) is 0.265. The lowest BCUT2D eigenvalue weighted by molar-refractivity contribution is -0.137. The molecule has 23 nitrogen and oxygen atoms in total. The minimum absolute atomic E-state index is 0.0767. The number of aromatic nitrogens is 4. The number of imidazole rings is 2. The molecule has 0 saturated carbocycles. The normalized spacial score (nSPS) is 14.2. The van der Waals surface area contributed by atoms with Gasteiger partial charge in [-0.15, -0.1) is 0 Å². The molecule has 23 heteroatoms. The third-order valence-electron chi connectivity index (χ3n) is 16.5. The molecule has 0 spiro atoms. The maximum absolute atomic E-state index is 14.3. The van der Waals surface area contributed by atoms with Gasteiger partial charge in [-0.25, -0.2) is 14.8 Å².